The Kier molecular flexibility index (Phi) is 13.2. The molecule has 0 bridgehead atoms. The van der Waals surface area contributed by atoms with Crippen molar-refractivity contribution >= 4 is 37.5 Å². The fraction of sp³-hybridized carbons (Fsp3) is 0.667. The van der Waals surface area contributed by atoms with Gasteiger partial charge in [-0.05, 0) is 24.1 Å². The van der Waals surface area contributed by atoms with Crippen LogP contribution in [0.25, 0.3) is 0 Å². The van der Waals surface area contributed by atoms with Crippen molar-refractivity contribution in [1.82, 2.24) is 0 Å². The molecular formula is C21H35F4NO2SSi2. The van der Waals surface area contributed by atoms with Gasteiger partial charge in [-0.3, -0.25) is 4.99 Å². The maximum Gasteiger partial charge on any atom is 0.161 e. The third kappa shape index (κ3) is 9.77. The Morgan fingerprint density at radius 3 is 2.06 bits per heavy atom. The average Bonchev–Trinajstić information content (AvgIpc) is 2.76. The van der Waals surface area contributed by atoms with Gasteiger partial charge in [0.2, 0.25) is 0 Å². The van der Waals surface area contributed by atoms with Gasteiger partial charge in [0.15, 0.2) is 19.5 Å². The van der Waals surface area contributed by atoms with E-state index in [1.165, 1.54) is 12.1 Å². The SMILES string of the molecule is C[SiH2]OC(O[SiH2]C)C(C)(C)C[C@H](CSCc1ccc(F)cc1)N=CC(CF)(CF)CF. The van der Waals surface area contributed by atoms with Gasteiger partial charge < -0.3 is 8.85 Å². The van der Waals surface area contributed by atoms with Crippen LogP contribution in [0, 0.1) is 16.6 Å². The number of rotatable bonds is 16. The molecule has 1 rings (SSSR count). The smallest absolute Gasteiger partial charge is 0.161 e. The molecule has 0 unspecified atom stereocenters. The Morgan fingerprint density at radius 2 is 1.58 bits per heavy atom. The van der Waals surface area contributed by atoms with E-state index in [2.05, 4.69) is 4.99 Å². The maximum absolute atomic E-state index is 13.3. The van der Waals surface area contributed by atoms with Crippen LogP contribution in [0.4, 0.5) is 17.6 Å². The number of nitrogens with zero attached hydrogens (tertiary/aromatic N) is 1. The summed E-state index contributed by atoms with van der Waals surface area (Å²) in [5.41, 5.74) is -1.21. The van der Waals surface area contributed by atoms with Crippen LogP contribution in [-0.4, -0.2) is 63.8 Å². The van der Waals surface area contributed by atoms with Crippen LogP contribution in [-0.2, 0) is 14.6 Å². The minimum Gasteiger partial charge on any atom is -0.400 e. The van der Waals surface area contributed by atoms with Crippen molar-refractivity contribution in [1.29, 1.82) is 0 Å². The van der Waals surface area contributed by atoms with Crippen LogP contribution in [0.3, 0.4) is 0 Å². The first-order valence-corrected chi connectivity index (χ1v) is 15.7. The summed E-state index contributed by atoms with van der Waals surface area (Å²) in [5.74, 6) is 0.925. The van der Waals surface area contributed by atoms with Crippen LogP contribution >= 0.6 is 11.8 Å². The lowest BCUT2D eigenvalue weighted by molar-refractivity contribution is -0.0835. The number of hydrogen-bond acceptors (Lipinski definition) is 4. The summed E-state index contributed by atoms with van der Waals surface area (Å²) in [7, 11) is -1.39. The molecule has 0 saturated heterocycles. The van der Waals surface area contributed by atoms with Crippen LogP contribution in [0.2, 0.25) is 13.1 Å². The lowest BCUT2D eigenvalue weighted by Crippen LogP contribution is -2.39. The second kappa shape index (κ2) is 14.5. The number of hydrogen-bond donors (Lipinski definition) is 0. The highest BCUT2D eigenvalue weighted by Gasteiger charge is 2.34. The Bertz CT molecular complexity index is 635. The molecule has 0 saturated carbocycles. The molecule has 31 heavy (non-hydrogen) atoms. The molecule has 0 heterocycles. The zero-order chi connectivity index (χ0) is 23.3. The third-order valence-electron chi connectivity index (χ3n) is 4.89. The molecule has 0 aliphatic heterocycles. The molecule has 0 fully saturated rings. The highest BCUT2D eigenvalue weighted by Crippen LogP contribution is 2.32. The third-order valence-corrected chi connectivity index (χ3v) is 7.32. The van der Waals surface area contributed by atoms with Gasteiger partial charge in [-0.15, -0.1) is 0 Å². The number of aliphatic imine (C=N–C) groups is 1. The van der Waals surface area contributed by atoms with Crippen molar-refractivity contribution in [2.75, 3.05) is 25.8 Å². The van der Waals surface area contributed by atoms with Crippen molar-refractivity contribution < 1.29 is 26.4 Å². The summed E-state index contributed by atoms with van der Waals surface area (Å²) in [6, 6.07) is 5.97. The fourth-order valence-corrected chi connectivity index (χ4v) is 5.94. The summed E-state index contributed by atoms with van der Waals surface area (Å²) in [6.07, 6.45) is 1.34. The van der Waals surface area contributed by atoms with Crippen molar-refractivity contribution in [3.05, 3.63) is 35.6 Å². The summed E-state index contributed by atoms with van der Waals surface area (Å²) in [4.78, 5) is 4.43. The van der Waals surface area contributed by atoms with Crippen molar-refractivity contribution in [2.24, 2.45) is 15.8 Å². The van der Waals surface area contributed by atoms with E-state index in [1.54, 1.807) is 23.9 Å². The fourth-order valence-electron chi connectivity index (χ4n) is 3.03. The van der Waals surface area contributed by atoms with E-state index < -0.39 is 45.0 Å². The molecule has 1 aromatic carbocycles. The summed E-state index contributed by atoms with van der Waals surface area (Å²) in [5, 5.41) is 0. The average molecular weight is 498 g/mol. The van der Waals surface area contributed by atoms with Gasteiger partial charge in [0.25, 0.3) is 0 Å². The molecule has 0 N–H and O–H groups in total. The first kappa shape index (κ1) is 28.3. The zero-order valence-electron chi connectivity index (χ0n) is 18.9. The number of benzene rings is 1. The predicted molar refractivity (Wildman–Crippen MR) is 128 cm³/mol. The molecule has 0 spiro atoms. The van der Waals surface area contributed by atoms with Gasteiger partial charge >= 0.3 is 0 Å². The van der Waals surface area contributed by atoms with E-state index in [-0.39, 0.29) is 23.6 Å². The summed E-state index contributed by atoms with van der Waals surface area (Å²) in [6.45, 7) is 4.73. The van der Waals surface area contributed by atoms with Gasteiger partial charge in [0, 0.05) is 23.1 Å². The van der Waals surface area contributed by atoms with Crippen molar-refractivity contribution in [2.45, 2.75) is 51.4 Å². The number of halogens is 4. The monoisotopic (exact) mass is 497 g/mol. The largest absolute Gasteiger partial charge is 0.400 e. The minimum absolute atomic E-state index is 0.289. The van der Waals surface area contributed by atoms with Gasteiger partial charge in [-0.25, -0.2) is 17.6 Å². The lowest BCUT2D eigenvalue weighted by atomic mass is 9.85. The molecular weight excluding hydrogens is 462 g/mol. The van der Waals surface area contributed by atoms with E-state index in [1.807, 2.05) is 26.9 Å². The van der Waals surface area contributed by atoms with Crippen LogP contribution in [0.1, 0.15) is 25.8 Å². The highest BCUT2D eigenvalue weighted by atomic mass is 32.2. The van der Waals surface area contributed by atoms with Gasteiger partial charge in [-0.2, -0.15) is 11.8 Å². The van der Waals surface area contributed by atoms with Gasteiger partial charge in [0.1, 0.15) is 32.1 Å². The van der Waals surface area contributed by atoms with E-state index in [4.69, 9.17) is 8.85 Å². The second-order valence-corrected chi connectivity index (χ2v) is 11.1. The molecule has 178 valence electrons. The minimum atomic E-state index is -1.82. The molecule has 0 radical (unpaired) electrons. The Balaban J connectivity index is 2.95. The summed E-state index contributed by atoms with van der Waals surface area (Å²) >= 11 is 1.59. The van der Waals surface area contributed by atoms with E-state index in [0.29, 0.717) is 17.9 Å². The lowest BCUT2D eigenvalue weighted by Gasteiger charge is -2.36. The van der Waals surface area contributed by atoms with E-state index >= 15 is 0 Å². The van der Waals surface area contributed by atoms with Gasteiger partial charge in [-0.1, -0.05) is 39.1 Å². The first-order chi connectivity index (χ1) is 14.8. The molecule has 0 aromatic heterocycles. The molecule has 0 aliphatic rings. The molecule has 0 aliphatic carbocycles. The Hall–Kier alpha value is -0.686. The first-order valence-electron chi connectivity index (χ1n) is 10.5. The molecule has 10 heteroatoms. The Morgan fingerprint density at radius 1 is 1.03 bits per heavy atom. The zero-order valence-corrected chi connectivity index (χ0v) is 22.5. The molecule has 1 aromatic rings. The van der Waals surface area contributed by atoms with Crippen LogP contribution in [0.5, 0.6) is 0 Å². The van der Waals surface area contributed by atoms with E-state index in [0.717, 1.165) is 11.8 Å². The van der Waals surface area contributed by atoms with E-state index in [9.17, 15) is 17.6 Å². The van der Waals surface area contributed by atoms with Crippen molar-refractivity contribution in [3.63, 3.8) is 0 Å². The normalized spacial score (nSPS) is 15.6. The standard InChI is InChI=1S/C21H35F4NO2SSi2/c1-20(2,19(27-30-3)28-31-4)9-18(26-15-21(12-22,13-23)14-24)11-29-10-16-5-7-17(25)8-6-16/h5-8,15,18-19H,9-14,30-31H2,1-4H3/t18-/m1/s1. The second-order valence-electron chi connectivity index (χ2n) is 8.27. The topological polar surface area (TPSA) is 30.8 Å². The maximum atomic E-state index is 13.3. The Labute approximate surface area is 192 Å². The number of alkyl halides is 3. The van der Waals surface area contributed by atoms with Crippen LogP contribution in [0.15, 0.2) is 29.3 Å². The predicted octanol–water partition coefficient (Wildman–Crippen LogP) is 4.43. The molecule has 1 atom stereocenters. The molecule has 0 amide bonds. The van der Waals surface area contributed by atoms with Gasteiger partial charge in [0.05, 0.1) is 11.5 Å². The number of thioether (sulfide) groups is 1. The van der Waals surface area contributed by atoms with Crippen molar-refractivity contribution in [3.8, 4) is 0 Å². The molecule has 3 nitrogen and oxygen atoms in total. The van der Waals surface area contributed by atoms with Crippen LogP contribution < -0.4 is 0 Å². The summed E-state index contributed by atoms with van der Waals surface area (Å²) < 4.78 is 64.8. The highest BCUT2D eigenvalue weighted by molar-refractivity contribution is 7.98. The quantitative estimate of drug-likeness (QED) is 0.147.